The number of hydrogen-bond acceptors (Lipinski definition) is 3. The highest BCUT2D eigenvalue weighted by Crippen LogP contribution is 2.15. The minimum absolute atomic E-state index is 0.0524. The second kappa shape index (κ2) is 4.95. The van der Waals surface area contributed by atoms with Crippen LogP contribution in [-0.4, -0.2) is 19.3 Å². The van der Waals surface area contributed by atoms with Crippen molar-refractivity contribution in [1.82, 2.24) is 0 Å². The second-order valence-corrected chi connectivity index (χ2v) is 4.12. The molecule has 0 saturated heterocycles. The first-order valence-electron chi connectivity index (χ1n) is 4.97. The van der Waals surface area contributed by atoms with Crippen molar-refractivity contribution in [3.63, 3.8) is 0 Å². The molecule has 1 N–H and O–H groups in total. The lowest BCUT2D eigenvalue weighted by Crippen LogP contribution is -2.32. The van der Waals surface area contributed by atoms with E-state index in [4.69, 9.17) is 10.00 Å². The van der Waals surface area contributed by atoms with E-state index in [1.165, 1.54) is 12.1 Å². The molecule has 0 heterocycles. The molecule has 4 heteroatoms. The number of methoxy groups -OCH3 is 1. The molecule has 0 fully saturated rings. The molecule has 1 aromatic carbocycles. The Labute approximate surface area is 94.8 Å². The SMILES string of the molecule is COC(C)(C)CNc1ccc(C#N)c(F)c1. The predicted octanol–water partition coefficient (Wildman–Crippen LogP) is 2.53. The molecule has 0 aliphatic carbocycles. The zero-order chi connectivity index (χ0) is 12.2. The summed E-state index contributed by atoms with van der Waals surface area (Å²) in [5.41, 5.74) is 0.378. The van der Waals surface area contributed by atoms with Gasteiger partial charge >= 0.3 is 0 Å². The monoisotopic (exact) mass is 222 g/mol. The number of benzene rings is 1. The minimum Gasteiger partial charge on any atom is -0.382 e. The van der Waals surface area contributed by atoms with Gasteiger partial charge in [0.25, 0.3) is 0 Å². The summed E-state index contributed by atoms with van der Waals surface area (Å²) in [5.74, 6) is -0.511. The number of anilines is 1. The summed E-state index contributed by atoms with van der Waals surface area (Å²) in [5, 5.41) is 11.6. The molecule has 0 aromatic heterocycles. The van der Waals surface area contributed by atoms with Crippen molar-refractivity contribution in [2.45, 2.75) is 19.4 Å². The molecular formula is C12H15FN2O. The third kappa shape index (κ3) is 3.21. The lowest BCUT2D eigenvalue weighted by Gasteiger charge is -2.23. The molecule has 86 valence electrons. The van der Waals surface area contributed by atoms with E-state index >= 15 is 0 Å². The number of ether oxygens (including phenoxy) is 1. The zero-order valence-corrected chi connectivity index (χ0v) is 9.67. The third-order valence-electron chi connectivity index (χ3n) is 2.36. The van der Waals surface area contributed by atoms with Crippen molar-refractivity contribution in [3.05, 3.63) is 29.6 Å². The van der Waals surface area contributed by atoms with Gasteiger partial charge in [-0.3, -0.25) is 0 Å². The van der Waals surface area contributed by atoms with E-state index in [1.807, 2.05) is 13.8 Å². The lowest BCUT2D eigenvalue weighted by molar-refractivity contribution is 0.0344. The van der Waals surface area contributed by atoms with Gasteiger partial charge in [-0.05, 0) is 32.0 Å². The quantitative estimate of drug-likeness (QED) is 0.851. The molecule has 16 heavy (non-hydrogen) atoms. The number of rotatable bonds is 4. The number of halogens is 1. The van der Waals surface area contributed by atoms with Crippen LogP contribution in [0.4, 0.5) is 10.1 Å². The zero-order valence-electron chi connectivity index (χ0n) is 9.67. The Kier molecular flexibility index (Phi) is 3.86. The van der Waals surface area contributed by atoms with Crippen LogP contribution in [0.5, 0.6) is 0 Å². The first kappa shape index (κ1) is 12.5. The van der Waals surface area contributed by atoms with E-state index < -0.39 is 5.82 Å². The van der Waals surface area contributed by atoms with E-state index in [0.29, 0.717) is 12.2 Å². The highest BCUT2D eigenvalue weighted by atomic mass is 19.1. The Bertz CT molecular complexity index is 410. The Morgan fingerprint density at radius 3 is 2.69 bits per heavy atom. The molecule has 0 saturated carbocycles. The maximum Gasteiger partial charge on any atom is 0.143 e. The van der Waals surface area contributed by atoms with Crippen molar-refractivity contribution < 1.29 is 9.13 Å². The Hall–Kier alpha value is -1.60. The molecule has 3 nitrogen and oxygen atoms in total. The van der Waals surface area contributed by atoms with Crippen molar-refractivity contribution in [1.29, 1.82) is 5.26 Å². The van der Waals surface area contributed by atoms with Crippen molar-refractivity contribution in [2.24, 2.45) is 0 Å². The molecule has 0 amide bonds. The summed E-state index contributed by atoms with van der Waals surface area (Å²) in [7, 11) is 1.63. The number of nitrogens with zero attached hydrogens (tertiary/aromatic N) is 1. The molecule has 1 aromatic rings. The fourth-order valence-corrected chi connectivity index (χ4v) is 1.10. The number of hydrogen-bond donors (Lipinski definition) is 1. The van der Waals surface area contributed by atoms with Gasteiger partial charge in [-0.2, -0.15) is 5.26 Å². The Morgan fingerprint density at radius 1 is 1.50 bits per heavy atom. The molecule has 0 radical (unpaired) electrons. The van der Waals surface area contributed by atoms with Gasteiger partial charge in [0.05, 0.1) is 11.2 Å². The third-order valence-corrected chi connectivity index (χ3v) is 2.36. The molecule has 0 aliphatic rings. The van der Waals surface area contributed by atoms with E-state index in [1.54, 1.807) is 19.2 Å². The van der Waals surface area contributed by atoms with Gasteiger partial charge in [0.2, 0.25) is 0 Å². The average molecular weight is 222 g/mol. The van der Waals surface area contributed by atoms with Crippen LogP contribution in [0.25, 0.3) is 0 Å². The van der Waals surface area contributed by atoms with Gasteiger partial charge in [0.15, 0.2) is 0 Å². The fraction of sp³-hybridized carbons (Fsp3) is 0.417. The highest BCUT2D eigenvalue weighted by Gasteiger charge is 2.15. The molecular weight excluding hydrogens is 207 g/mol. The Balaban J connectivity index is 2.70. The van der Waals surface area contributed by atoms with Gasteiger partial charge in [0, 0.05) is 19.3 Å². The smallest absolute Gasteiger partial charge is 0.143 e. The predicted molar refractivity (Wildman–Crippen MR) is 60.7 cm³/mol. The summed E-state index contributed by atoms with van der Waals surface area (Å²) in [6.45, 7) is 4.43. The summed E-state index contributed by atoms with van der Waals surface area (Å²) in [4.78, 5) is 0. The summed E-state index contributed by atoms with van der Waals surface area (Å²) < 4.78 is 18.5. The molecule has 0 unspecified atom stereocenters. The standard InChI is InChI=1S/C12H15FN2O/c1-12(2,16-3)8-15-10-5-4-9(7-14)11(13)6-10/h4-6,15H,8H2,1-3H3. The van der Waals surface area contributed by atoms with Crippen molar-refractivity contribution in [3.8, 4) is 6.07 Å². The van der Waals surface area contributed by atoms with Crippen LogP contribution < -0.4 is 5.32 Å². The molecule has 0 bridgehead atoms. The van der Waals surface area contributed by atoms with Crippen molar-refractivity contribution in [2.75, 3.05) is 19.0 Å². The average Bonchev–Trinajstić information content (AvgIpc) is 2.27. The van der Waals surface area contributed by atoms with E-state index in [2.05, 4.69) is 5.32 Å². The van der Waals surface area contributed by atoms with Gasteiger partial charge in [-0.1, -0.05) is 0 Å². The first-order chi connectivity index (χ1) is 7.48. The van der Waals surface area contributed by atoms with Crippen LogP contribution in [-0.2, 0) is 4.74 Å². The number of nitrogens with one attached hydrogen (secondary N) is 1. The van der Waals surface area contributed by atoms with Crippen LogP contribution in [0.15, 0.2) is 18.2 Å². The first-order valence-corrected chi connectivity index (χ1v) is 4.97. The van der Waals surface area contributed by atoms with Gasteiger partial charge in [-0.15, -0.1) is 0 Å². The maximum absolute atomic E-state index is 13.3. The normalized spacial score (nSPS) is 10.9. The van der Waals surface area contributed by atoms with Gasteiger partial charge < -0.3 is 10.1 Å². The van der Waals surface area contributed by atoms with Gasteiger partial charge in [-0.25, -0.2) is 4.39 Å². The molecule has 0 spiro atoms. The minimum atomic E-state index is -0.511. The van der Waals surface area contributed by atoms with E-state index in [9.17, 15) is 4.39 Å². The Morgan fingerprint density at radius 2 is 2.19 bits per heavy atom. The van der Waals surface area contributed by atoms with Gasteiger partial charge in [0.1, 0.15) is 11.9 Å². The van der Waals surface area contributed by atoms with Crippen LogP contribution in [0.3, 0.4) is 0 Å². The van der Waals surface area contributed by atoms with Crippen LogP contribution in [0.1, 0.15) is 19.4 Å². The molecule has 0 atom stereocenters. The lowest BCUT2D eigenvalue weighted by atomic mass is 10.1. The highest BCUT2D eigenvalue weighted by molar-refractivity contribution is 5.48. The summed E-state index contributed by atoms with van der Waals surface area (Å²) in [6, 6.07) is 6.22. The van der Waals surface area contributed by atoms with Crippen LogP contribution >= 0.6 is 0 Å². The van der Waals surface area contributed by atoms with E-state index in [0.717, 1.165) is 0 Å². The van der Waals surface area contributed by atoms with Crippen molar-refractivity contribution >= 4 is 5.69 Å². The topological polar surface area (TPSA) is 45.0 Å². The molecule has 1 rings (SSSR count). The maximum atomic E-state index is 13.3. The summed E-state index contributed by atoms with van der Waals surface area (Å²) >= 11 is 0. The second-order valence-electron chi connectivity index (χ2n) is 4.12. The van der Waals surface area contributed by atoms with Crippen LogP contribution in [0.2, 0.25) is 0 Å². The fourth-order valence-electron chi connectivity index (χ4n) is 1.10. The molecule has 0 aliphatic heterocycles. The number of nitriles is 1. The van der Waals surface area contributed by atoms with Crippen LogP contribution in [0, 0.1) is 17.1 Å². The summed E-state index contributed by atoms with van der Waals surface area (Å²) in [6.07, 6.45) is 0. The largest absolute Gasteiger partial charge is 0.382 e. The van der Waals surface area contributed by atoms with E-state index in [-0.39, 0.29) is 11.2 Å².